The highest BCUT2D eigenvalue weighted by atomic mass is 19.2. The standard InChI is InChI=1S/C18H13F2N5/c1-11-2-4-12(5-3-11)9-21-17-16(24-18-22-10-23-25(17)18)13-6-7-14(19)15(20)8-13/h2-8,10H,9H2,1H3. The van der Waals surface area contributed by atoms with Crippen molar-refractivity contribution in [2.45, 2.75) is 13.5 Å². The van der Waals surface area contributed by atoms with Crippen LogP contribution in [0, 0.1) is 18.6 Å². The number of halogens is 2. The van der Waals surface area contributed by atoms with Crippen molar-refractivity contribution >= 4 is 17.5 Å². The van der Waals surface area contributed by atoms with Crippen LogP contribution in [0.5, 0.6) is 0 Å². The number of aryl methyl sites for hydroxylation is 1. The number of rotatable bonds is 3. The van der Waals surface area contributed by atoms with E-state index in [0.717, 1.165) is 17.7 Å². The minimum atomic E-state index is -0.935. The second-order valence-electron chi connectivity index (χ2n) is 5.69. The molecule has 0 saturated carbocycles. The fourth-order valence-corrected chi connectivity index (χ4v) is 2.55. The van der Waals surface area contributed by atoms with Crippen molar-refractivity contribution in [1.82, 2.24) is 14.8 Å². The first-order valence-electron chi connectivity index (χ1n) is 7.67. The van der Waals surface area contributed by atoms with Gasteiger partial charge < -0.3 is 0 Å². The molecule has 0 bridgehead atoms. The number of nitrogens with zero attached hydrogens (tertiary/aromatic N) is 5. The highest BCUT2D eigenvalue weighted by Gasteiger charge is 2.26. The van der Waals surface area contributed by atoms with Gasteiger partial charge in [-0.1, -0.05) is 29.8 Å². The Morgan fingerprint density at radius 2 is 1.84 bits per heavy atom. The first-order chi connectivity index (χ1) is 12.1. The van der Waals surface area contributed by atoms with Crippen molar-refractivity contribution in [2.24, 2.45) is 9.98 Å². The summed E-state index contributed by atoms with van der Waals surface area (Å²) in [4.78, 5) is 13.0. The molecule has 5 nitrogen and oxygen atoms in total. The zero-order chi connectivity index (χ0) is 17.4. The quantitative estimate of drug-likeness (QED) is 0.735. The van der Waals surface area contributed by atoms with Gasteiger partial charge in [0, 0.05) is 5.56 Å². The molecule has 0 atom stereocenters. The van der Waals surface area contributed by atoms with Crippen LogP contribution in [-0.2, 0) is 6.54 Å². The van der Waals surface area contributed by atoms with Crippen LogP contribution in [0.25, 0.3) is 0 Å². The van der Waals surface area contributed by atoms with E-state index in [0.29, 0.717) is 29.6 Å². The van der Waals surface area contributed by atoms with Gasteiger partial charge in [-0.3, -0.25) is 4.99 Å². The molecule has 25 heavy (non-hydrogen) atoms. The van der Waals surface area contributed by atoms with Crippen LogP contribution in [-0.4, -0.2) is 26.3 Å². The average molecular weight is 337 g/mol. The number of hydrogen-bond donors (Lipinski definition) is 0. The van der Waals surface area contributed by atoms with Gasteiger partial charge in [0.25, 0.3) is 5.95 Å². The average Bonchev–Trinajstić information content (AvgIpc) is 3.18. The summed E-state index contributed by atoms with van der Waals surface area (Å²) in [7, 11) is 0. The van der Waals surface area contributed by atoms with E-state index in [1.54, 1.807) is 0 Å². The van der Waals surface area contributed by atoms with Gasteiger partial charge in [-0.05, 0) is 30.7 Å². The molecule has 1 aliphatic heterocycles. The van der Waals surface area contributed by atoms with Gasteiger partial charge in [0.2, 0.25) is 0 Å². The molecule has 2 heterocycles. The maximum Gasteiger partial charge on any atom is 0.254 e. The molecule has 124 valence electrons. The zero-order valence-corrected chi connectivity index (χ0v) is 13.3. The third kappa shape index (κ3) is 2.84. The van der Waals surface area contributed by atoms with Crippen LogP contribution in [0.3, 0.4) is 0 Å². The van der Waals surface area contributed by atoms with Crippen molar-refractivity contribution in [2.75, 3.05) is 0 Å². The number of fused-ring (bicyclic) bond motifs is 1. The molecule has 7 heteroatoms. The Labute approximate surface area is 142 Å². The first-order valence-corrected chi connectivity index (χ1v) is 7.67. The van der Waals surface area contributed by atoms with E-state index >= 15 is 0 Å². The van der Waals surface area contributed by atoms with Crippen molar-refractivity contribution in [3.8, 4) is 0 Å². The van der Waals surface area contributed by atoms with E-state index < -0.39 is 11.6 Å². The topological polar surface area (TPSA) is 55.4 Å². The monoisotopic (exact) mass is 337 g/mol. The summed E-state index contributed by atoms with van der Waals surface area (Å²) >= 11 is 0. The van der Waals surface area contributed by atoms with Gasteiger partial charge in [0.15, 0.2) is 17.5 Å². The van der Waals surface area contributed by atoms with Crippen LogP contribution in [0.15, 0.2) is 58.8 Å². The minimum Gasteiger partial charge on any atom is -0.260 e. The normalized spacial score (nSPS) is 14.7. The van der Waals surface area contributed by atoms with Crippen molar-refractivity contribution in [1.29, 1.82) is 0 Å². The summed E-state index contributed by atoms with van der Waals surface area (Å²) in [5.74, 6) is -1.02. The summed E-state index contributed by atoms with van der Waals surface area (Å²) in [6.07, 6.45) is 1.38. The molecule has 0 spiro atoms. The van der Waals surface area contributed by atoms with Crippen LogP contribution in [0.4, 0.5) is 14.7 Å². The van der Waals surface area contributed by atoms with Crippen LogP contribution < -0.4 is 0 Å². The van der Waals surface area contributed by atoms with Gasteiger partial charge in [0.1, 0.15) is 12.0 Å². The number of aliphatic imine (C=N–C) groups is 2. The first kappa shape index (κ1) is 15.3. The fraction of sp³-hybridized carbons (Fsp3) is 0.111. The second kappa shape index (κ2) is 6.01. The molecular formula is C18H13F2N5. The molecule has 2 aromatic carbocycles. The van der Waals surface area contributed by atoms with E-state index in [-0.39, 0.29) is 0 Å². The molecule has 0 unspecified atom stereocenters. The van der Waals surface area contributed by atoms with Gasteiger partial charge >= 0.3 is 0 Å². The maximum absolute atomic E-state index is 13.6. The number of benzene rings is 2. The van der Waals surface area contributed by atoms with Crippen molar-refractivity contribution < 1.29 is 8.78 Å². The summed E-state index contributed by atoms with van der Waals surface area (Å²) < 4.78 is 28.3. The van der Waals surface area contributed by atoms with Gasteiger partial charge in [-0.15, -0.1) is 0 Å². The Morgan fingerprint density at radius 3 is 2.60 bits per heavy atom. The van der Waals surface area contributed by atoms with E-state index in [2.05, 4.69) is 20.1 Å². The lowest BCUT2D eigenvalue weighted by Crippen LogP contribution is -2.20. The molecule has 0 radical (unpaired) electrons. The highest BCUT2D eigenvalue weighted by molar-refractivity contribution is 6.50. The summed E-state index contributed by atoms with van der Waals surface area (Å²) in [6, 6.07) is 11.6. The maximum atomic E-state index is 13.6. The lowest BCUT2D eigenvalue weighted by Gasteiger charge is -2.05. The Balaban J connectivity index is 1.72. The lowest BCUT2D eigenvalue weighted by atomic mass is 10.1. The van der Waals surface area contributed by atoms with E-state index in [1.807, 2.05) is 31.2 Å². The van der Waals surface area contributed by atoms with Crippen molar-refractivity contribution in [3.63, 3.8) is 0 Å². The lowest BCUT2D eigenvalue weighted by molar-refractivity contribution is 0.508. The molecule has 1 aromatic heterocycles. The fourth-order valence-electron chi connectivity index (χ4n) is 2.55. The number of hydrogen-bond acceptors (Lipinski definition) is 4. The smallest absolute Gasteiger partial charge is 0.254 e. The van der Waals surface area contributed by atoms with Gasteiger partial charge in [-0.2, -0.15) is 14.8 Å². The molecular weight excluding hydrogens is 324 g/mol. The van der Waals surface area contributed by atoms with Crippen LogP contribution >= 0.6 is 0 Å². The molecule has 1 aliphatic rings. The number of aromatic nitrogens is 3. The predicted molar refractivity (Wildman–Crippen MR) is 90.3 cm³/mol. The van der Waals surface area contributed by atoms with Crippen molar-refractivity contribution in [3.05, 3.63) is 77.1 Å². The summed E-state index contributed by atoms with van der Waals surface area (Å²) in [6.45, 7) is 2.43. The second-order valence-corrected chi connectivity index (χ2v) is 5.69. The minimum absolute atomic E-state index is 0.363. The predicted octanol–water partition coefficient (Wildman–Crippen LogP) is 3.45. The molecule has 3 aromatic rings. The molecule has 0 aliphatic carbocycles. The Kier molecular flexibility index (Phi) is 3.68. The summed E-state index contributed by atoms with van der Waals surface area (Å²) in [5, 5.41) is 4.11. The SMILES string of the molecule is Cc1ccc(CN=C2C(c3ccc(F)c(F)c3)=Nc3ncnn32)cc1. The molecule has 0 fully saturated rings. The van der Waals surface area contributed by atoms with Gasteiger partial charge in [0.05, 0.1) is 6.54 Å². The summed E-state index contributed by atoms with van der Waals surface area (Å²) in [5.41, 5.74) is 3.03. The Bertz CT molecular complexity index is 1000. The molecule has 0 amide bonds. The van der Waals surface area contributed by atoms with E-state index in [4.69, 9.17) is 0 Å². The molecule has 4 rings (SSSR count). The Hall–Kier alpha value is -3.22. The molecule has 0 N–H and O–H groups in total. The highest BCUT2D eigenvalue weighted by Crippen LogP contribution is 2.21. The van der Waals surface area contributed by atoms with Crippen LogP contribution in [0.2, 0.25) is 0 Å². The van der Waals surface area contributed by atoms with E-state index in [9.17, 15) is 8.78 Å². The zero-order valence-electron chi connectivity index (χ0n) is 13.3. The molecule has 0 saturated heterocycles. The van der Waals surface area contributed by atoms with E-state index in [1.165, 1.54) is 22.6 Å². The third-order valence-electron chi connectivity index (χ3n) is 3.88. The van der Waals surface area contributed by atoms with Crippen LogP contribution in [0.1, 0.15) is 16.7 Å². The van der Waals surface area contributed by atoms with Gasteiger partial charge in [-0.25, -0.2) is 13.8 Å². The Morgan fingerprint density at radius 1 is 1.04 bits per heavy atom. The third-order valence-corrected chi connectivity index (χ3v) is 3.88. The largest absolute Gasteiger partial charge is 0.260 e.